The molecule has 1 saturated heterocycles. The number of halogens is 5. The minimum Gasteiger partial charge on any atom is -0.375 e. The molecule has 0 unspecified atom stereocenters. The fourth-order valence-corrected chi connectivity index (χ4v) is 5.11. The lowest BCUT2D eigenvalue weighted by atomic mass is 9.95. The Morgan fingerprint density at radius 3 is 2.50 bits per heavy atom. The third-order valence-corrected chi connectivity index (χ3v) is 6.89. The van der Waals surface area contributed by atoms with E-state index in [0.29, 0.717) is 13.1 Å². The number of nitrogens with two attached hydrogens (primary N) is 1. The van der Waals surface area contributed by atoms with E-state index in [-0.39, 0.29) is 56.6 Å². The minimum absolute atomic E-state index is 0.0650. The molecule has 5 rings (SSSR count). The molecule has 1 fully saturated rings. The van der Waals surface area contributed by atoms with Crippen molar-refractivity contribution in [1.29, 1.82) is 0 Å². The van der Waals surface area contributed by atoms with Crippen molar-refractivity contribution < 1.29 is 26.7 Å². The first-order valence-corrected chi connectivity index (χ1v) is 11.5. The Labute approximate surface area is 204 Å². The highest BCUT2D eigenvalue weighted by molar-refractivity contribution is 7.22. The molecule has 0 radical (unpaired) electrons. The molecule has 1 aliphatic rings. The van der Waals surface area contributed by atoms with Crippen molar-refractivity contribution >= 4 is 49.3 Å². The Morgan fingerprint density at radius 2 is 1.83 bits per heavy atom. The van der Waals surface area contributed by atoms with Crippen LogP contribution in [-0.4, -0.2) is 51.9 Å². The Bertz CT molecular complexity index is 1530. The molecule has 3 heterocycles. The van der Waals surface area contributed by atoms with E-state index < -0.39 is 28.9 Å². The van der Waals surface area contributed by atoms with Crippen molar-refractivity contribution in [2.45, 2.75) is 6.18 Å². The van der Waals surface area contributed by atoms with Crippen molar-refractivity contribution in [1.82, 2.24) is 19.9 Å². The summed E-state index contributed by atoms with van der Waals surface area (Å²) in [5, 5.41) is -0.199. The largest absolute Gasteiger partial charge is 0.417 e. The van der Waals surface area contributed by atoms with E-state index in [2.05, 4.69) is 21.5 Å². The topological polar surface area (TPSA) is 88.2 Å². The first-order chi connectivity index (χ1) is 17.1. The lowest BCUT2D eigenvalue weighted by Gasteiger charge is -2.35. The van der Waals surface area contributed by atoms with Gasteiger partial charge < -0.3 is 15.5 Å². The number of hydrogen-bond donors (Lipinski definition) is 1. The number of nitrogen functional groups attached to an aromatic ring is 1. The van der Waals surface area contributed by atoms with Crippen molar-refractivity contribution in [3.05, 3.63) is 54.4 Å². The second-order valence-electron chi connectivity index (χ2n) is 8.05. The van der Waals surface area contributed by atoms with Gasteiger partial charge >= 0.3 is 6.18 Å². The number of fused-ring (bicyclic) bond motifs is 2. The molecule has 0 atom stereocenters. The van der Waals surface area contributed by atoms with Crippen molar-refractivity contribution in [2.24, 2.45) is 0 Å². The normalized spacial score (nSPS) is 14.6. The molecule has 0 spiro atoms. The number of aromatic nitrogens is 3. The molecule has 0 aliphatic carbocycles. The van der Waals surface area contributed by atoms with Gasteiger partial charge in [-0.1, -0.05) is 17.9 Å². The molecule has 0 bridgehead atoms. The van der Waals surface area contributed by atoms with Crippen LogP contribution in [0.15, 0.2) is 37.2 Å². The summed E-state index contributed by atoms with van der Waals surface area (Å²) in [6.45, 7) is 4.58. The van der Waals surface area contributed by atoms with Crippen LogP contribution in [0.3, 0.4) is 0 Å². The molecule has 1 amide bonds. The van der Waals surface area contributed by atoms with Gasteiger partial charge in [-0.05, 0) is 24.3 Å². The first-order valence-electron chi connectivity index (χ1n) is 10.7. The highest BCUT2D eigenvalue weighted by atomic mass is 32.1. The van der Waals surface area contributed by atoms with Crippen LogP contribution in [0.25, 0.3) is 32.2 Å². The summed E-state index contributed by atoms with van der Waals surface area (Å²) in [5.41, 5.74) is 2.86. The number of nitrogens with zero attached hydrogens (tertiary/aromatic N) is 5. The van der Waals surface area contributed by atoms with Crippen LogP contribution in [0.1, 0.15) is 5.56 Å². The number of amides is 1. The SMILES string of the molecule is C=CC(=O)N1CCN(c2ncnc3c(F)c(-c4ccc(F)c5sc(N)nc45)c(C(F)(F)F)cc23)CC1. The quantitative estimate of drug-likeness (QED) is 0.313. The van der Waals surface area contributed by atoms with Gasteiger partial charge in [-0.15, -0.1) is 0 Å². The summed E-state index contributed by atoms with van der Waals surface area (Å²) in [6, 6.07) is 2.80. The fraction of sp³-hybridized carbons (Fsp3) is 0.217. The third kappa shape index (κ3) is 3.88. The Balaban J connectivity index is 1.71. The number of hydrogen-bond acceptors (Lipinski definition) is 7. The fourth-order valence-electron chi connectivity index (χ4n) is 4.35. The highest BCUT2D eigenvalue weighted by Crippen LogP contribution is 2.45. The van der Waals surface area contributed by atoms with Crippen molar-refractivity contribution in [2.75, 3.05) is 36.8 Å². The first kappa shape index (κ1) is 23.9. The third-order valence-electron chi connectivity index (χ3n) is 6.00. The van der Waals surface area contributed by atoms with Gasteiger partial charge in [0.25, 0.3) is 0 Å². The van der Waals surface area contributed by atoms with E-state index in [9.17, 15) is 22.4 Å². The Kier molecular flexibility index (Phi) is 5.74. The summed E-state index contributed by atoms with van der Waals surface area (Å²) in [5.74, 6) is -2.10. The summed E-state index contributed by atoms with van der Waals surface area (Å²) >= 11 is 0.757. The van der Waals surface area contributed by atoms with E-state index in [1.54, 1.807) is 9.80 Å². The zero-order valence-corrected chi connectivity index (χ0v) is 19.3. The maximum atomic E-state index is 15.9. The molecule has 1 aliphatic heterocycles. The van der Waals surface area contributed by atoms with Crippen LogP contribution in [0.4, 0.5) is 32.9 Å². The van der Waals surface area contributed by atoms with Crippen LogP contribution in [0, 0.1) is 11.6 Å². The van der Waals surface area contributed by atoms with E-state index in [4.69, 9.17) is 5.73 Å². The maximum absolute atomic E-state index is 15.9. The molecule has 36 heavy (non-hydrogen) atoms. The molecule has 2 aromatic carbocycles. The van der Waals surface area contributed by atoms with E-state index in [1.165, 1.54) is 6.08 Å². The molecular weight excluding hydrogens is 503 g/mol. The number of alkyl halides is 3. The van der Waals surface area contributed by atoms with Gasteiger partial charge in [0.1, 0.15) is 23.5 Å². The molecule has 2 aromatic heterocycles. The average Bonchev–Trinajstić information content (AvgIpc) is 3.26. The van der Waals surface area contributed by atoms with Gasteiger partial charge in [0.05, 0.1) is 15.8 Å². The van der Waals surface area contributed by atoms with Gasteiger partial charge in [-0.2, -0.15) is 13.2 Å². The van der Waals surface area contributed by atoms with Gasteiger partial charge in [0, 0.05) is 42.7 Å². The zero-order valence-electron chi connectivity index (χ0n) is 18.4. The molecule has 0 saturated carbocycles. The molecule has 13 heteroatoms. The average molecular weight is 520 g/mol. The second kappa shape index (κ2) is 8.66. The summed E-state index contributed by atoms with van der Waals surface area (Å²) < 4.78 is 73.0. The van der Waals surface area contributed by atoms with E-state index in [0.717, 1.165) is 35.9 Å². The number of piperazine rings is 1. The summed E-state index contributed by atoms with van der Waals surface area (Å²) in [4.78, 5) is 27.1. The number of carbonyl (C=O) groups is 1. The predicted octanol–water partition coefficient (Wildman–Crippen LogP) is 4.62. The highest BCUT2D eigenvalue weighted by Gasteiger charge is 2.38. The summed E-state index contributed by atoms with van der Waals surface area (Å²) in [6.07, 6.45) is -2.71. The van der Waals surface area contributed by atoms with Gasteiger partial charge in [0.15, 0.2) is 10.9 Å². The van der Waals surface area contributed by atoms with Gasteiger partial charge in [-0.25, -0.2) is 23.7 Å². The number of benzene rings is 2. The maximum Gasteiger partial charge on any atom is 0.417 e. The lowest BCUT2D eigenvalue weighted by molar-refractivity contribution is -0.137. The molecule has 186 valence electrons. The molecule has 4 aromatic rings. The van der Waals surface area contributed by atoms with Crippen LogP contribution in [0.2, 0.25) is 0 Å². The second-order valence-corrected chi connectivity index (χ2v) is 9.08. The Morgan fingerprint density at radius 1 is 1.11 bits per heavy atom. The van der Waals surface area contributed by atoms with Crippen LogP contribution in [0.5, 0.6) is 0 Å². The van der Waals surface area contributed by atoms with Crippen molar-refractivity contribution in [3.63, 3.8) is 0 Å². The number of thiazole rings is 1. The van der Waals surface area contributed by atoms with Crippen LogP contribution in [-0.2, 0) is 11.0 Å². The molecule has 7 nitrogen and oxygen atoms in total. The lowest BCUT2D eigenvalue weighted by Crippen LogP contribution is -2.48. The van der Waals surface area contributed by atoms with Gasteiger partial charge in [0.2, 0.25) is 5.91 Å². The monoisotopic (exact) mass is 520 g/mol. The van der Waals surface area contributed by atoms with Crippen molar-refractivity contribution in [3.8, 4) is 11.1 Å². The number of carbonyl (C=O) groups excluding carboxylic acids is 1. The molecular formula is C23H17F5N6OS. The standard InChI is InChI=1S/C23H17F5N6OS/c1-2-15(35)33-5-7-34(8-6-33)21-12-9-13(23(26,27)28)16(17(25)18(12)30-10-31-21)11-3-4-14(24)20-19(11)32-22(29)36-20/h2-4,9-10H,1,5-8H2,(H2,29,32). The van der Waals surface area contributed by atoms with E-state index in [1.807, 2.05) is 0 Å². The smallest absolute Gasteiger partial charge is 0.375 e. The number of anilines is 2. The molecule has 2 N–H and O–H groups in total. The number of rotatable bonds is 3. The Hall–Kier alpha value is -3.87. The summed E-state index contributed by atoms with van der Waals surface area (Å²) in [7, 11) is 0. The van der Waals surface area contributed by atoms with E-state index >= 15 is 4.39 Å². The van der Waals surface area contributed by atoms with Crippen LogP contribution < -0.4 is 10.6 Å². The predicted molar refractivity (Wildman–Crippen MR) is 126 cm³/mol. The van der Waals surface area contributed by atoms with Crippen LogP contribution >= 0.6 is 11.3 Å². The zero-order chi connectivity index (χ0) is 25.8. The minimum atomic E-state index is -4.96. The van der Waals surface area contributed by atoms with Gasteiger partial charge in [-0.3, -0.25) is 4.79 Å².